The van der Waals surface area contributed by atoms with Gasteiger partial charge in [-0.15, -0.1) is 0 Å². The van der Waals surface area contributed by atoms with Crippen molar-refractivity contribution < 1.29 is 4.42 Å². The van der Waals surface area contributed by atoms with E-state index in [4.69, 9.17) is 4.42 Å². The van der Waals surface area contributed by atoms with Crippen LogP contribution in [0.5, 0.6) is 0 Å². The minimum Gasteiger partial charge on any atom is -0.463 e. The summed E-state index contributed by atoms with van der Waals surface area (Å²) in [6.45, 7) is 3.98. The maximum atomic E-state index is 5.19. The van der Waals surface area contributed by atoms with Gasteiger partial charge in [-0.25, -0.2) is 9.98 Å². The first kappa shape index (κ1) is 10.7. The molecule has 0 amide bonds. The Hall–Kier alpha value is -2.43. The SMILES string of the molecule is Cc1cc(C)c2c(N=Cc3ccco3)n[nH]c2n1. The Morgan fingerprint density at radius 3 is 3.06 bits per heavy atom. The lowest BCUT2D eigenvalue weighted by Crippen LogP contribution is -1.85. The van der Waals surface area contributed by atoms with Crippen LogP contribution in [0.25, 0.3) is 11.0 Å². The molecule has 5 nitrogen and oxygen atoms in total. The standard InChI is InChI=1S/C13H12N4O/c1-8-6-9(2)15-13-11(8)12(16-17-13)14-7-10-4-3-5-18-10/h3-7H,1-2H3,(H,15,16,17). The van der Waals surface area contributed by atoms with Gasteiger partial charge in [0.15, 0.2) is 11.5 Å². The number of aryl methyl sites for hydroxylation is 2. The summed E-state index contributed by atoms with van der Waals surface area (Å²) in [6, 6.07) is 5.68. The average molecular weight is 240 g/mol. The lowest BCUT2D eigenvalue weighted by Gasteiger charge is -1.97. The van der Waals surface area contributed by atoms with Crippen LogP contribution in [0.1, 0.15) is 17.0 Å². The molecule has 0 aliphatic carbocycles. The van der Waals surface area contributed by atoms with Gasteiger partial charge in [-0.1, -0.05) is 0 Å². The van der Waals surface area contributed by atoms with Crippen molar-refractivity contribution >= 4 is 23.1 Å². The van der Waals surface area contributed by atoms with E-state index in [9.17, 15) is 0 Å². The molecular weight excluding hydrogens is 228 g/mol. The third-order valence-corrected chi connectivity index (χ3v) is 2.69. The average Bonchev–Trinajstić information content (AvgIpc) is 2.94. The molecule has 90 valence electrons. The summed E-state index contributed by atoms with van der Waals surface area (Å²) >= 11 is 0. The molecule has 0 aliphatic rings. The topological polar surface area (TPSA) is 67.1 Å². The Morgan fingerprint density at radius 1 is 1.39 bits per heavy atom. The van der Waals surface area contributed by atoms with E-state index < -0.39 is 0 Å². The van der Waals surface area contributed by atoms with Crippen LogP contribution >= 0.6 is 0 Å². The number of fused-ring (bicyclic) bond motifs is 1. The zero-order valence-electron chi connectivity index (χ0n) is 10.1. The van der Waals surface area contributed by atoms with Crippen LogP contribution in [0.15, 0.2) is 33.9 Å². The van der Waals surface area contributed by atoms with Crippen LogP contribution in [0, 0.1) is 13.8 Å². The van der Waals surface area contributed by atoms with Crippen molar-refractivity contribution in [2.45, 2.75) is 13.8 Å². The number of aromatic amines is 1. The van der Waals surface area contributed by atoms with Gasteiger partial charge in [0.25, 0.3) is 0 Å². The van der Waals surface area contributed by atoms with Crippen molar-refractivity contribution in [2.24, 2.45) is 4.99 Å². The maximum absolute atomic E-state index is 5.19. The van der Waals surface area contributed by atoms with E-state index in [0.717, 1.165) is 22.3 Å². The van der Waals surface area contributed by atoms with Crippen molar-refractivity contribution in [3.63, 3.8) is 0 Å². The van der Waals surface area contributed by atoms with Gasteiger partial charge in [0.05, 0.1) is 17.9 Å². The van der Waals surface area contributed by atoms with Crippen molar-refractivity contribution in [2.75, 3.05) is 0 Å². The molecule has 3 heterocycles. The van der Waals surface area contributed by atoms with Crippen molar-refractivity contribution in [3.8, 4) is 0 Å². The molecule has 3 aromatic heterocycles. The molecular formula is C13H12N4O. The molecule has 0 radical (unpaired) electrons. The van der Waals surface area contributed by atoms with Crippen LogP contribution in [-0.4, -0.2) is 21.4 Å². The fraction of sp³-hybridized carbons (Fsp3) is 0.154. The van der Waals surface area contributed by atoms with Crippen molar-refractivity contribution in [3.05, 3.63) is 41.5 Å². The molecule has 0 bridgehead atoms. The van der Waals surface area contributed by atoms with Crippen LogP contribution < -0.4 is 0 Å². The van der Waals surface area contributed by atoms with Gasteiger partial charge in [0.2, 0.25) is 0 Å². The van der Waals surface area contributed by atoms with Gasteiger partial charge in [-0.05, 0) is 37.6 Å². The number of nitrogens with one attached hydrogen (secondary N) is 1. The minimum absolute atomic E-state index is 0.631. The maximum Gasteiger partial charge on any atom is 0.183 e. The molecule has 0 aromatic carbocycles. The Bertz CT molecular complexity index is 710. The molecule has 18 heavy (non-hydrogen) atoms. The largest absolute Gasteiger partial charge is 0.463 e. The number of rotatable bonds is 2. The second-order valence-corrected chi connectivity index (χ2v) is 4.12. The predicted octanol–water partition coefficient (Wildman–Crippen LogP) is 2.92. The molecule has 3 rings (SSSR count). The highest BCUT2D eigenvalue weighted by Crippen LogP contribution is 2.25. The molecule has 3 aromatic rings. The summed E-state index contributed by atoms with van der Waals surface area (Å²) in [7, 11) is 0. The van der Waals surface area contributed by atoms with Gasteiger partial charge in [-0.3, -0.25) is 5.10 Å². The molecule has 0 atom stereocenters. The number of H-pyrrole nitrogens is 1. The van der Waals surface area contributed by atoms with Crippen molar-refractivity contribution in [1.82, 2.24) is 15.2 Å². The van der Waals surface area contributed by atoms with E-state index in [0.29, 0.717) is 11.6 Å². The number of hydrogen-bond donors (Lipinski definition) is 1. The van der Waals surface area contributed by atoms with Gasteiger partial charge >= 0.3 is 0 Å². The summed E-state index contributed by atoms with van der Waals surface area (Å²) in [5.41, 5.74) is 2.84. The summed E-state index contributed by atoms with van der Waals surface area (Å²) in [5, 5.41) is 8.01. The van der Waals surface area contributed by atoms with E-state index in [1.807, 2.05) is 32.0 Å². The van der Waals surface area contributed by atoms with E-state index >= 15 is 0 Å². The smallest absolute Gasteiger partial charge is 0.183 e. The third-order valence-electron chi connectivity index (χ3n) is 2.69. The summed E-state index contributed by atoms with van der Waals surface area (Å²) in [4.78, 5) is 8.71. The van der Waals surface area contributed by atoms with Gasteiger partial charge < -0.3 is 4.42 Å². The first-order valence-electron chi connectivity index (χ1n) is 5.64. The van der Waals surface area contributed by atoms with Crippen LogP contribution in [-0.2, 0) is 0 Å². The molecule has 5 heteroatoms. The molecule has 1 N–H and O–H groups in total. The van der Waals surface area contributed by atoms with E-state index in [-0.39, 0.29) is 0 Å². The van der Waals surface area contributed by atoms with Gasteiger partial charge in [-0.2, -0.15) is 5.10 Å². The first-order valence-corrected chi connectivity index (χ1v) is 5.64. The van der Waals surface area contributed by atoms with Crippen LogP contribution in [0.2, 0.25) is 0 Å². The number of pyridine rings is 1. The zero-order chi connectivity index (χ0) is 12.5. The summed E-state index contributed by atoms with van der Waals surface area (Å²) in [5.74, 6) is 1.33. The Balaban J connectivity index is 2.08. The number of hydrogen-bond acceptors (Lipinski definition) is 4. The quantitative estimate of drug-likeness (QED) is 0.700. The van der Waals surface area contributed by atoms with Crippen LogP contribution in [0.4, 0.5) is 5.82 Å². The molecule has 0 aliphatic heterocycles. The zero-order valence-corrected chi connectivity index (χ0v) is 10.1. The Kier molecular flexibility index (Phi) is 2.44. The van der Waals surface area contributed by atoms with Crippen molar-refractivity contribution in [1.29, 1.82) is 0 Å². The monoisotopic (exact) mass is 240 g/mol. The number of furan rings is 1. The van der Waals surface area contributed by atoms with Gasteiger partial charge in [0.1, 0.15) is 5.76 Å². The highest BCUT2D eigenvalue weighted by Gasteiger charge is 2.08. The lowest BCUT2D eigenvalue weighted by molar-refractivity contribution is 0.560. The molecule has 0 unspecified atom stereocenters. The van der Waals surface area contributed by atoms with E-state index in [2.05, 4.69) is 20.2 Å². The van der Waals surface area contributed by atoms with Gasteiger partial charge in [0, 0.05) is 5.69 Å². The van der Waals surface area contributed by atoms with E-state index in [1.54, 1.807) is 12.5 Å². The first-order chi connectivity index (χ1) is 8.74. The van der Waals surface area contributed by atoms with E-state index in [1.165, 1.54) is 0 Å². The normalized spacial score (nSPS) is 11.7. The number of aliphatic imine (C=N–C) groups is 1. The number of aromatic nitrogens is 3. The highest BCUT2D eigenvalue weighted by atomic mass is 16.3. The summed E-state index contributed by atoms with van der Waals surface area (Å²) < 4.78 is 5.19. The third kappa shape index (κ3) is 1.79. The highest BCUT2D eigenvalue weighted by molar-refractivity contribution is 5.91. The lowest BCUT2D eigenvalue weighted by atomic mass is 10.2. The second kappa shape index (κ2) is 4.10. The molecule has 0 saturated carbocycles. The molecule has 0 saturated heterocycles. The minimum atomic E-state index is 0.631. The fourth-order valence-electron chi connectivity index (χ4n) is 1.94. The Morgan fingerprint density at radius 2 is 2.28 bits per heavy atom. The fourth-order valence-corrected chi connectivity index (χ4v) is 1.94. The number of nitrogens with zero attached hydrogens (tertiary/aromatic N) is 3. The second-order valence-electron chi connectivity index (χ2n) is 4.12. The molecule has 0 fully saturated rings. The Labute approximate surface area is 104 Å². The predicted molar refractivity (Wildman–Crippen MR) is 69.3 cm³/mol. The summed E-state index contributed by atoms with van der Waals surface area (Å²) in [6.07, 6.45) is 3.26. The molecule has 0 spiro atoms. The van der Waals surface area contributed by atoms with Crippen LogP contribution in [0.3, 0.4) is 0 Å².